The number of aromatic nitrogens is 3. The second kappa shape index (κ2) is 7.96. The quantitative estimate of drug-likeness (QED) is 0.738. The Balaban J connectivity index is 1.39. The molecule has 3 aromatic rings. The molecule has 3 aromatic heterocycles. The van der Waals surface area contributed by atoms with Crippen LogP contribution in [0.1, 0.15) is 16.1 Å². The van der Waals surface area contributed by atoms with Crippen molar-refractivity contribution in [1.29, 1.82) is 0 Å². The average molecular weight is 365 g/mol. The van der Waals surface area contributed by atoms with Gasteiger partial charge in [0.2, 0.25) is 0 Å². The molecular weight excluding hydrogens is 346 g/mol. The second-order valence-corrected chi connectivity index (χ2v) is 6.12. The van der Waals surface area contributed by atoms with Crippen LogP contribution in [-0.4, -0.2) is 47.3 Å². The molecule has 0 aromatic carbocycles. The number of carbonyl (C=O) groups is 1. The summed E-state index contributed by atoms with van der Waals surface area (Å²) in [5.41, 5.74) is 1.97. The zero-order valence-corrected chi connectivity index (χ0v) is 14.7. The summed E-state index contributed by atoms with van der Waals surface area (Å²) >= 11 is 0. The third-order valence-corrected chi connectivity index (χ3v) is 4.29. The Morgan fingerprint density at radius 2 is 2.07 bits per heavy atom. The molecule has 0 saturated carbocycles. The van der Waals surface area contributed by atoms with Crippen LogP contribution in [0.15, 0.2) is 53.4 Å². The minimum Gasteiger partial charge on any atom is -0.378 e. The molecule has 0 unspecified atom stereocenters. The van der Waals surface area contributed by atoms with Crippen molar-refractivity contribution < 1.29 is 14.1 Å². The van der Waals surface area contributed by atoms with Crippen molar-refractivity contribution in [2.24, 2.45) is 0 Å². The maximum Gasteiger partial charge on any atom is 0.273 e. The van der Waals surface area contributed by atoms with Crippen LogP contribution in [0.2, 0.25) is 0 Å². The van der Waals surface area contributed by atoms with Gasteiger partial charge in [0.15, 0.2) is 11.5 Å². The number of anilines is 1. The van der Waals surface area contributed by atoms with Crippen molar-refractivity contribution in [1.82, 2.24) is 20.4 Å². The van der Waals surface area contributed by atoms with Crippen molar-refractivity contribution in [2.75, 3.05) is 31.2 Å². The summed E-state index contributed by atoms with van der Waals surface area (Å²) < 4.78 is 10.6. The fraction of sp³-hybridized carbons (Fsp3) is 0.263. The molecule has 0 aliphatic carbocycles. The highest BCUT2D eigenvalue weighted by atomic mass is 16.5. The van der Waals surface area contributed by atoms with E-state index in [0.29, 0.717) is 25.5 Å². The number of pyridine rings is 2. The number of ether oxygens (including phenoxy) is 1. The lowest BCUT2D eigenvalue weighted by atomic mass is 10.2. The number of nitrogens with zero attached hydrogens (tertiary/aromatic N) is 4. The van der Waals surface area contributed by atoms with Crippen LogP contribution in [0, 0.1) is 0 Å². The molecule has 0 bridgehead atoms. The van der Waals surface area contributed by atoms with Gasteiger partial charge in [0, 0.05) is 49.9 Å². The van der Waals surface area contributed by atoms with Gasteiger partial charge in [-0.05, 0) is 29.8 Å². The van der Waals surface area contributed by atoms with E-state index in [-0.39, 0.29) is 11.6 Å². The molecule has 1 amide bonds. The molecule has 8 nitrogen and oxygen atoms in total. The summed E-state index contributed by atoms with van der Waals surface area (Å²) in [7, 11) is 0. The second-order valence-electron chi connectivity index (χ2n) is 6.12. The van der Waals surface area contributed by atoms with Gasteiger partial charge in [-0.25, -0.2) is 4.98 Å². The van der Waals surface area contributed by atoms with E-state index in [1.807, 2.05) is 18.2 Å². The van der Waals surface area contributed by atoms with E-state index in [1.165, 1.54) is 0 Å². The van der Waals surface area contributed by atoms with Gasteiger partial charge in [0.25, 0.3) is 5.91 Å². The molecule has 0 spiro atoms. The van der Waals surface area contributed by atoms with Gasteiger partial charge in [0.05, 0.1) is 13.2 Å². The molecule has 1 N–H and O–H groups in total. The molecule has 0 radical (unpaired) electrons. The maximum atomic E-state index is 12.4. The first-order chi connectivity index (χ1) is 13.3. The summed E-state index contributed by atoms with van der Waals surface area (Å²) in [6.45, 7) is 3.42. The van der Waals surface area contributed by atoms with Crippen LogP contribution in [0.4, 0.5) is 5.82 Å². The third-order valence-electron chi connectivity index (χ3n) is 4.29. The molecule has 1 saturated heterocycles. The summed E-state index contributed by atoms with van der Waals surface area (Å²) in [4.78, 5) is 23.0. The highest BCUT2D eigenvalue weighted by Gasteiger charge is 2.15. The molecule has 1 aliphatic heterocycles. The minimum absolute atomic E-state index is 0.233. The first-order valence-electron chi connectivity index (χ1n) is 8.72. The van der Waals surface area contributed by atoms with E-state index in [0.717, 1.165) is 30.0 Å². The van der Waals surface area contributed by atoms with Crippen molar-refractivity contribution in [3.05, 3.63) is 60.2 Å². The van der Waals surface area contributed by atoms with Gasteiger partial charge >= 0.3 is 0 Å². The largest absolute Gasteiger partial charge is 0.378 e. The first kappa shape index (κ1) is 17.2. The normalized spacial score (nSPS) is 14.1. The number of hydrogen-bond donors (Lipinski definition) is 1. The predicted molar refractivity (Wildman–Crippen MR) is 98.2 cm³/mol. The van der Waals surface area contributed by atoms with E-state index in [4.69, 9.17) is 9.26 Å². The number of morpholine rings is 1. The average Bonchev–Trinajstić information content (AvgIpc) is 3.24. The van der Waals surface area contributed by atoms with Crippen LogP contribution < -0.4 is 10.2 Å². The van der Waals surface area contributed by atoms with Crippen molar-refractivity contribution in [2.45, 2.75) is 6.54 Å². The lowest BCUT2D eigenvalue weighted by Crippen LogP contribution is -2.36. The molecule has 1 fully saturated rings. The Labute approximate surface area is 156 Å². The van der Waals surface area contributed by atoms with Gasteiger partial charge in [-0.3, -0.25) is 9.78 Å². The van der Waals surface area contributed by atoms with Gasteiger partial charge in [-0.2, -0.15) is 0 Å². The van der Waals surface area contributed by atoms with E-state index in [1.54, 1.807) is 30.7 Å². The van der Waals surface area contributed by atoms with E-state index in [2.05, 4.69) is 25.3 Å². The van der Waals surface area contributed by atoms with E-state index in [9.17, 15) is 4.79 Å². The molecule has 0 atom stereocenters. The van der Waals surface area contributed by atoms with Gasteiger partial charge in [0.1, 0.15) is 5.82 Å². The Kier molecular flexibility index (Phi) is 5.06. The fourth-order valence-corrected chi connectivity index (χ4v) is 2.84. The summed E-state index contributed by atoms with van der Waals surface area (Å²) in [5.74, 6) is 1.11. The predicted octanol–water partition coefficient (Wildman–Crippen LogP) is 1.90. The van der Waals surface area contributed by atoms with Gasteiger partial charge < -0.3 is 19.5 Å². The van der Waals surface area contributed by atoms with Crippen LogP contribution in [0.25, 0.3) is 11.3 Å². The number of hydrogen-bond acceptors (Lipinski definition) is 7. The monoisotopic (exact) mass is 365 g/mol. The zero-order valence-electron chi connectivity index (χ0n) is 14.7. The van der Waals surface area contributed by atoms with E-state index < -0.39 is 0 Å². The highest BCUT2D eigenvalue weighted by molar-refractivity contribution is 5.93. The Bertz CT molecular complexity index is 906. The number of nitrogens with one attached hydrogen (secondary N) is 1. The summed E-state index contributed by atoms with van der Waals surface area (Å²) in [6, 6.07) is 9.12. The topological polar surface area (TPSA) is 93.4 Å². The molecule has 27 heavy (non-hydrogen) atoms. The summed E-state index contributed by atoms with van der Waals surface area (Å²) in [5, 5.41) is 6.71. The maximum absolute atomic E-state index is 12.4. The van der Waals surface area contributed by atoms with Gasteiger partial charge in [-0.15, -0.1) is 0 Å². The Morgan fingerprint density at radius 3 is 2.89 bits per heavy atom. The number of amides is 1. The van der Waals surface area contributed by atoms with Crippen molar-refractivity contribution in [3.8, 4) is 11.3 Å². The molecule has 8 heteroatoms. The highest BCUT2D eigenvalue weighted by Crippen LogP contribution is 2.19. The van der Waals surface area contributed by atoms with Crippen molar-refractivity contribution >= 4 is 11.7 Å². The SMILES string of the molecule is O=C(NCc1ccnc(N2CCOCC2)c1)c1cc(-c2cccnc2)on1. The summed E-state index contributed by atoms with van der Waals surface area (Å²) in [6.07, 6.45) is 5.09. The van der Waals surface area contributed by atoms with Crippen LogP contribution in [-0.2, 0) is 11.3 Å². The third kappa shape index (κ3) is 4.12. The lowest BCUT2D eigenvalue weighted by Gasteiger charge is -2.28. The number of carbonyl (C=O) groups excluding carboxylic acids is 1. The van der Waals surface area contributed by atoms with Gasteiger partial charge in [-0.1, -0.05) is 5.16 Å². The Morgan fingerprint density at radius 1 is 1.19 bits per heavy atom. The zero-order chi connectivity index (χ0) is 18.5. The first-order valence-corrected chi connectivity index (χ1v) is 8.72. The van der Waals surface area contributed by atoms with E-state index >= 15 is 0 Å². The molecule has 1 aliphatic rings. The molecule has 4 heterocycles. The van der Waals surface area contributed by atoms with Crippen LogP contribution >= 0.6 is 0 Å². The molecule has 4 rings (SSSR count). The van der Waals surface area contributed by atoms with Crippen molar-refractivity contribution in [3.63, 3.8) is 0 Å². The lowest BCUT2D eigenvalue weighted by molar-refractivity contribution is 0.0942. The molecular formula is C19H19N5O3. The molecule has 138 valence electrons. The van der Waals surface area contributed by atoms with Crippen LogP contribution in [0.3, 0.4) is 0 Å². The fourth-order valence-electron chi connectivity index (χ4n) is 2.84. The smallest absolute Gasteiger partial charge is 0.273 e. The van der Waals surface area contributed by atoms with Crippen LogP contribution in [0.5, 0.6) is 0 Å². The number of rotatable bonds is 5. The Hall–Kier alpha value is -3.26. The minimum atomic E-state index is -0.293. The standard InChI is InChI=1S/C19H19N5O3/c25-19(16-11-17(27-23-16)15-2-1-4-20-13-15)22-12-14-3-5-21-18(10-14)24-6-8-26-9-7-24/h1-5,10-11,13H,6-9,12H2,(H,22,25).